The van der Waals surface area contributed by atoms with Crippen molar-refractivity contribution >= 4 is 51.4 Å². The molecule has 5 aromatic rings. The van der Waals surface area contributed by atoms with E-state index in [2.05, 4.69) is 26.0 Å². The number of anilines is 2. The topological polar surface area (TPSA) is 123 Å². The van der Waals surface area contributed by atoms with Crippen LogP contribution in [0.3, 0.4) is 0 Å². The van der Waals surface area contributed by atoms with Gasteiger partial charge in [-0.2, -0.15) is 18.3 Å². The number of halogens is 5. The van der Waals surface area contributed by atoms with Crippen molar-refractivity contribution in [1.82, 2.24) is 30.4 Å². The normalized spacial score (nSPS) is 17.2. The molecule has 7 rings (SSSR count). The maximum Gasteiger partial charge on any atom is 0.433 e. The molecule has 0 radical (unpaired) electrons. The highest BCUT2D eigenvalue weighted by Gasteiger charge is 2.34. The summed E-state index contributed by atoms with van der Waals surface area (Å²) in [5.41, 5.74) is 2.74. The second-order valence-electron chi connectivity index (χ2n) is 12.2. The molecule has 0 saturated carbocycles. The van der Waals surface area contributed by atoms with Crippen molar-refractivity contribution in [2.24, 2.45) is 7.05 Å². The molecule has 3 aromatic heterocycles. The zero-order chi connectivity index (χ0) is 35.3. The van der Waals surface area contributed by atoms with Crippen LogP contribution < -0.4 is 26.2 Å². The fraction of sp³-hybridized carbons (Fsp3) is 0.286. The summed E-state index contributed by atoms with van der Waals surface area (Å²) in [7, 11) is 2.97. The Hall–Kier alpha value is -4.72. The number of hydrogen-bond acceptors (Lipinski definition) is 8. The van der Waals surface area contributed by atoms with Crippen molar-refractivity contribution in [3.8, 4) is 28.3 Å². The molecule has 0 spiro atoms. The van der Waals surface area contributed by atoms with Crippen LogP contribution in [-0.2, 0) is 24.4 Å². The van der Waals surface area contributed by atoms with Crippen molar-refractivity contribution in [2.75, 3.05) is 19.0 Å². The first-order chi connectivity index (χ1) is 23.9. The molecule has 0 bridgehead atoms. The van der Waals surface area contributed by atoms with E-state index in [0.29, 0.717) is 46.3 Å². The number of amides is 1. The molecule has 1 aliphatic carbocycles. The second kappa shape index (κ2) is 13.2. The first-order valence-corrected chi connectivity index (χ1v) is 16.6. The Balaban J connectivity index is 1.23. The fourth-order valence-corrected chi connectivity index (χ4v) is 7.21. The van der Waals surface area contributed by atoms with Gasteiger partial charge in [0, 0.05) is 59.7 Å². The number of pyridine rings is 2. The molecule has 2 atom stereocenters. The van der Waals surface area contributed by atoms with Crippen LogP contribution in [0.2, 0.25) is 10.0 Å². The van der Waals surface area contributed by atoms with E-state index in [1.165, 1.54) is 13.2 Å². The summed E-state index contributed by atoms with van der Waals surface area (Å²) in [6.07, 6.45) is -0.613. The standard InChI is InChI=1S/C35H30Cl2F3N7O3/c1-47-34(49)29-18(15-42-47)14-26(35(38,39)40)46-32(29)44-24-8-4-6-21(31(24)37)20-5-3-7-22(30(20)36)25-13-17-9-11-23(28(17)33(45-25)50-2)41-16-19-10-12-27(48)43-19/h3-8,13-15,19,23,41H,9-12,16H2,1-2H3,(H,43,48)(H,44,46)/t19-,23+/m1/s1. The maximum absolute atomic E-state index is 13.8. The van der Waals surface area contributed by atoms with Gasteiger partial charge in [-0.1, -0.05) is 53.5 Å². The highest BCUT2D eigenvalue weighted by atomic mass is 35.5. The number of aryl methyl sites for hydroxylation is 2. The Bertz CT molecular complexity index is 2230. The molecule has 15 heteroatoms. The van der Waals surface area contributed by atoms with Crippen molar-refractivity contribution in [2.45, 2.75) is 43.9 Å². The molecule has 10 nitrogen and oxygen atoms in total. The zero-order valence-electron chi connectivity index (χ0n) is 26.8. The number of carbonyl (C=O) groups is 1. The molecule has 4 heterocycles. The van der Waals surface area contributed by atoms with Gasteiger partial charge in [-0.05, 0) is 43.0 Å². The van der Waals surface area contributed by atoms with Crippen molar-refractivity contribution in [3.05, 3.63) is 91.9 Å². The molecule has 258 valence electrons. The molecule has 2 aliphatic rings. The summed E-state index contributed by atoms with van der Waals surface area (Å²) < 4.78 is 48.1. The van der Waals surface area contributed by atoms with E-state index in [1.807, 2.05) is 18.2 Å². The second-order valence-corrected chi connectivity index (χ2v) is 13.0. The Kier molecular flexibility index (Phi) is 8.91. The highest BCUT2D eigenvalue weighted by molar-refractivity contribution is 6.39. The predicted octanol–water partition coefficient (Wildman–Crippen LogP) is 6.99. The van der Waals surface area contributed by atoms with Crippen LogP contribution in [0.1, 0.15) is 42.1 Å². The maximum atomic E-state index is 13.8. The summed E-state index contributed by atoms with van der Waals surface area (Å²) in [5.74, 6) is 0.241. The molecule has 3 N–H and O–H groups in total. The highest BCUT2D eigenvalue weighted by Crippen LogP contribution is 2.44. The van der Waals surface area contributed by atoms with Crippen molar-refractivity contribution in [1.29, 1.82) is 0 Å². The molecule has 1 fully saturated rings. The Labute approximate surface area is 294 Å². The third-order valence-electron chi connectivity index (χ3n) is 9.08. The number of ether oxygens (including phenoxy) is 1. The number of nitrogens with zero attached hydrogens (tertiary/aromatic N) is 4. The number of carbonyl (C=O) groups excluding carboxylic acids is 1. The third-order valence-corrected chi connectivity index (χ3v) is 9.90. The summed E-state index contributed by atoms with van der Waals surface area (Å²) in [6, 6.07) is 13.3. The average molecular weight is 725 g/mol. The van der Waals surface area contributed by atoms with Crippen LogP contribution in [0.25, 0.3) is 33.2 Å². The molecule has 50 heavy (non-hydrogen) atoms. The Morgan fingerprint density at radius 2 is 1.74 bits per heavy atom. The first kappa shape index (κ1) is 33.8. The molecule has 0 unspecified atom stereocenters. The molecule has 1 amide bonds. The third kappa shape index (κ3) is 6.25. The lowest BCUT2D eigenvalue weighted by Gasteiger charge is -2.20. The minimum atomic E-state index is -4.77. The number of benzene rings is 2. The number of aromatic nitrogens is 4. The van der Waals surface area contributed by atoms with E-state index in [-0.39, 0.29) is 45.3 Å². The van der Waals surface area contributed by atoms with Crippen molar-refractivity contribution in [3.63, 3.8) is 0 Å². The van der Waals surface area contributed by atoms with E-state index in [9.17, 15) is 22.8 Å². The zero-order valence-corrected chi connectivity index (χ0v) is 28.3. The lowest BCUT2D eigenvalue weighted by atomic mass is 9.99. The lowest BCUT2D eigenvalue weighted by molar-refractivity contribution is -0.141. The molecular formula is C35H30Cl2F3N7O3. The summed E-state index contributed by atoms with van der Waals surface area (Å²) in [4.78, 5) is 33.2. The Morgan fingerprint density at radius 1 is 1.00 bits per heavy atom. The first-order valence-electron chi connectivity index (χ1n) is 15.8. The average Bonchev–Trinajstić information content (AvgIpc) is 3.71. The van der Waals surface area contributed by atoms with Gasteiger partial charge in [0.25, 0.3) is 5.56 Å². The van der Waals surface area contributed by atoms with Gasteiger partial charge in [-0.25, -0.2) is 14.6 Å². The predicted molar refractivity (Wildman–Crippen MR) is 185 cm³/mol. The SMILES string of the molecule is COc1nc(-c2cccc(-c3cccc(Nc4nc(C(F)(F)F)cc5cnn(C)c(=O)c45)c3Cl)c2Cl)cc2c1[C@@H](NC[C@H]1CCC(=O)N1)CC2. The summed E-state index contributed by atoms with van der Waals surface area (Å²) >= 11 is 14.0. The molecule has 1 aliphatic heterocycles. The van der Waals surface area contributed by atoms with Gasteiger partial charge in [0.1, 0.15) is 11.5 Å². The van der Waals surface area contributed by atoms with E-state index >= 15 is 0 Å². The number of alkyl halides is 3. The number of rotatable bonds is 8. The van der Waals surface area contributed by atoms with Gasteiger partial charge in [-0.15, -0.1) is 0 Å². The number of fused-ring (bicyclic) bond motifs is 2. The van der Waals surface area contributed by atoms with E-state index < -0.39 is 17.4 Å². The van der Waals surface area contributed by atoms with Crippen LogP contribution >= 0.6 is 23.2 Å². The minimum absolute atomic E-state index is 0.0229. The summed E-state index contributed by atoms with van der Waals surface area (Å²) in [5, 5.41) is 13.7. The largest absolute Gasteiger partial charge is 0.481 e. The van der Waals surface area contributed by atoms with Crippen LogP contribution in [0.15, 0.2) is 59.5 Å². The number of hydrogen-bond donors (Lipinski definition) is 3. The smallest absolute Gasteiger partial charge is 0.433 e. The minimum Gasteiger partial charge on any atom is -0.481 e. The molecule has 1 saturated heterocycles. The van der Waals surface area contributed by atoms with Gasteiger partial charge >= 0.3 is 6.18 Å². The van der Waals surface area contributed by atoms with Gasteiger partial charge in [-0.3, -0.25) is 9.59 Å². The van der Waals surface area contributed by atoms with Crippen molar-refractivity contribution < 1.29 is 22.7 Å². The van der Waals surface area contributed by atoms with Crippen LogP contribution in [-0.4, -0.2) is 45.4 Å². The number of methoxy groups -OCH3 is 1. The van der Waals surface area contributed by atoms with Gasteiger partial charge < -0.3 is 20.7 Å². The molecule has 2 aromatic carbocycles. The van der Waals surface area contributed by atoms with E-state index in [0.717, 1.165) is 41.1 Å². The van der Waals surface area contributed by atoms with Crippen LogP contribution in [0.4, 0.5) is 24.7 Å². The quantitative estimate of drug-likeness (QED) is 0.157. The van der Waals surface area contributed by atoms with Crippen LogP contribution in [0, 0.1) is 0 Å². The van der Waals surface area contributed by atoms with E-state index in [4.69, 9.17) is 32.9 Å². The fourth-order valence-electron chi connectivity index (χ4n) is 6.61. The van der Waals surface area contributed by atoms with Gasteiger partial charge in [0.2, 0.25) is 11.8 Å². The Morgan fingerprint density at radius 3 is 2.46 bits per heavy atom. The lowest BCUT2D eigenvalue weighted by Crippen LogP contribution is -2.36. The number of nitrogens with one attached hydrogen (secondary N) is 3. The van der Waals surface area contributed by atoms with Gasteiger partial charge in [0.15, 0.2) is 0 Å². The monoisotopic (exact) mass is 723 g/mol. The summed E-state index contributed by atoms with van der Waals surface area (Å²) in [6.45, 7) is 0.650. The van der Waals surface area contributed by atoms with Gasteiger partial charge in [0.05, 0.1) is 40.1 Å². The van der Waals surface area contributed by atoms with E-state index in [1.54, 1.807) is 31.4 Å². The molecular weight excluding hydrogens is 694 g/mol. The van der Waals surface area contributed by atoms with Crippen LogP contribution in [0.5, 0.6) is 5.88 Å².